The molecule has 0 aliphatic carbocycles. The summed E-state index contributed by atoms with van der Waals surface area (Å²) in [6, 6.07) is 5.32. The molecule has 0 unspecified atom stereocenters. The molecule has 0 radical (unpaired) electrons. The van der Waals surface area contributed by atoms with Crippen LogP contribution in [0.25, 0.3) is 5.65 Å². The van der Waals surface area contributed by atoms with Crippen LogP contribution < -0.4 is 5.56 Å². The van der Waals surface area contributed by atoms with Crippen molar-refractivity contribution in [1.82, 2.24) is 14.3 Å². The summed E-state index contributed by atoms with van der Waals surface area (Å²) >= 11 is 5.89. The standard InChI is InChI=1S/C15H20ClN3O2/c1-11(2)18(6-3-7-20)10-13-8-15(21)19-9-12(16)4-5-14(19)17-13/h4-5,8-9,11,20H,3,6-7,10H2,1-2H3. The quantitative estimate of drug-likeness (QED) is 0.886. The van der Waals surface area contributed by atoms with Gasteiger partial charge in [-0.2, -0.15) is 0 Å². The van der Waals surface area contributed by atoms with Gasteiger partial charge in [-0.3, -0.25) is 14.1 Å². The fourth-order valence-corrected chi connectivity index (χ4v) is 2.37. The molecule has 2 heterocycles. The van der Waals surface area contributed by atoms with Crippen molar-refractivity contribution >= 4 is 17.2 Å². The molecule has 2 aromatic heterocycles. The lowest BCUT2D eigenvalue weighted by Crippen LogP contribution is -2.32. The lowest BCUT2D eigenvalue weighted by atomic mass is 10.2. The Morgan fingerprint density at radius 1 is 1.43 bits per heavy atom. The molecular formula is C15H20ClN3O2. The SMILES string of the molecule is CC(C)N(CCCO)Cc1cc(=O)n2cc(Cl)ccc2n1. The number of hydrogen-bond acceptors (Lipinski definition) is 4. The molecule has 2 aromatic rings. The molecule has 0 saturated carbocycles. The van der Waals surface area contributed by atoms with Crippen molar-refractivity contribution in [2.45, 2.75) is 32.9 Å². The van der Waals surface area contributed by atoms with Crippen LogP contribution in [-0.4, -0.2) is 38.6 Å². The van der Waals surface area contributed by atoms with Crippen LogP contribution in [0.3, 0.4) is 0 Å². The fourth-order valence-electron chi connectivity index (χ4n) is 2.21. The zero-order valence-corrected chi connectivity index (χ0v) is 13.0. The van der Waals surface area contributed by atoms with Gasteiger partial charge >= 0.3 is 0 Å². The number of aliphatic hydroxyl groups excluding tert-OH is 1. The first kappa shape index (κ1) is 15.9. The predicted octanol–water partition coefficient (Wildman–Crippen LogP) is 1.94. The van der Waals surface area contributed by atoms with Crippen molar-refractivity contribution in [3.63, 3.8) is 0 Å². The van der Waals surface area contributed by atoms with E-state index in [0.29, 0.717) is 29.7 Å². The lowest BCUT2D eigenvalue weighted by Gasteiger charge is -2.25. The molecule has 0 atom stereocenters. The van der Waals surface area contributed by atoms with Crippen LogP contribution >= 0.6 is 11.6 Å². The molecule has 0 fully saturated rings. The van der Waals surface area contributed by atoms with Crippen molar-refractivity contribution in [3.05, 3.63) is 45.5 Å². The Bertz CT molecular complexity index is 670. The third-order valence-corrected chi connectivity index (χ3v) is 3.60. The molecule has 21 heavy (non-hydrogen) atoms. The van der Waals surface area contributed by atoms with Crippen molar-refractivity contribution in [3.8, 4) is 0 Å². The van der Waals surface area contributed by atoms with Gasteiger partial charge in [0.05, 0.1) is 10.7 Å². The number of nitrogens with zero attached hydrogens (tertiary/aromatic N) is 3. The smallest absolute Gasteiger partial charge is 0.258 e. The number of rotatable bonds is 6. The first-order valence-electron chi connectivity index (χ1n) is 7.04. The van der Waals surface area contributed by atoms with Gasteiger partial charge in [0.1, 0.15) is 5.65 Å². The summed E-state index contributed by atoms with van der Waals surface area (Å²) in [4.78, 5) is 18.8. The summed E-state index contributed by atoms with van der Waals surface area (Å²) in [5.74, 6) is 0. The molecular weight excluding hydrogens is 290 g/mol. The lowest BCUT2D eigenvalue weighted by molar-refractivity contribution is 0.183. The summed E-state index contributed by atoms with van der Waals surface area (Å²) < 4.78 is 1.44. The van der Waals surface area contributed by atoms with Crippen molar-refractivity contribution in [2.24, 2.45) is 0 Å². The van der Waals surface area contributed by atoms with Gasteiger partial charge in [0.25, 0.3) is 5.56 Å². The Kier molecular flexibility index (Phi) is 5.33. The van der Waals surface area contributed by atoms with Gasteiger partial charge in [0, 0.05) is 38.0 Å². The summed E-state index contributed by atoms with van der Waals surface area (Å²) in [5, 5.41) is 9.47. The Morgan fingerprint density at radius 2 is 2.19 bits per heavy atom. The van der Waals surface area contributed by atoms with Crippen molar-refractivity contribution < 1.29 is 5.11 Å². The Morgan fingerprint density at radius 3 is 2.86 bits per heavy atom. The second-order valence-corrected chi connectivity index (χ2v) is 5.74. The normalized spacial score (nSPS) is 11.7. The topological polar surface area (TPSA) is 57.8 Å². The average molecular weight is 310 g/mol. The van der Waals surface area contributed by atoms with Gasteiger partial charge in [0.15, 0.2) is 0 Å². The average Bonchev–Trinajstić information content (AvgIpc) is 2.44. The second kappa shape index (κ2) is 7.02. The maximum atomic E-state index is 12.1. The minimum Gasteiger partial charge on any atom is -0.396 e. The van der Waals surface area contributed by atoms with Crippen LogP contribution in [-0.2, 0) is 6.54 Å². The van der Waals surface area contributed by atoms with E-state index >= 15 is 0 Å². The number of aromatic nitrogens is 2. The predicted molar refractivity (Wildman–Crippen MR) is 83.7 cm³/mol. The van der Waals surface area contributed by atoms with Crippen molar-refractivity contribution in [1.29, 1.82) is 0 Å². The van der Waals surface area contributed by atoms with Crippen LogP contribution in [0.15, 0.2) is 29.2 Å². The summed E-state index contributed by atoms with van der Waals surface area (Å²) in [6.45, 7) is 5.70. The molecule has 0 saturated heterocycles. The highest BCUT2D eigenvalue weighted by molar-refractivity contribution is 6.30. The van der Waals surface area contributed by atoms with Crippen molar-refractivity contribution in [2.75, 3.05) is 13.2 Å². The van der Waals surface area contributed by atoms with E-state index in [0.717, 1.165) is 12.2 Å². The number of pyridine rings is 1. The van der Waals surface area contributed by atoms with E-state index in [2.05, 4.69) is 23.7 Å². The molecule has 0 bridgehead atoms. The third-order valence-electron chi connectivity index (χ3n) is 3.38. The zero-order valence-electron chi connectivity index (χ0n) is 12.3. The molecule has 0 aliphatic heterocycles. The highest BCUT2D eigenvalue weighted by atomic mass is 35.5. The zero-order chi connectivity index (χ0) is 15.4. The Balaban J connectivity index is 2.29. The van der Waals surface area contributed by atoms with E-state index in [1.807, 2.05) is 0 Å². The molecule has 0 aromatic carbocycles. The van der Waals surface area contributed by atoms with Crippen LogP contribution in [0, 0.1) is 0 Å². The van der Waals surface area contributed by atoms with Crippen LogP contribution in [0.5, 0.6) is 0 Å². The van der Waals surface area contributed by atoms with E-state index < -0.39 is 0 Å². The number of halogens is 1. The molecule has 0 aliphatic rings. The largest absolute Gasteiger partial charge is 0.396 e. The Labute approximate surface area is 128 Å². The summed E-state index contributed by atoms with van der Waals surface area (Å²) in [7, 11) is 0. The maximum Gasteiger partial charge on any atom is 0.258 e. The molecule has 2 rings (SSSR count). The maximum absolute atomic E-state index is 12.1. The fraction of sp³-hybridized carbons (Fsp3) is 0.467. The first-order valence-corrected chi connectivity index (χ1v) is 7.42. The van der Waals surface area contributed by atoms with Gasteiger partial charge in [-0.15, -0.1) is 0 Å². The monoisotopic (exact) mass is 309 g/mol. The molecule has 0 amide bonds. The highest BCUT2D eigenvalue weighted by Crippen LogP contribution is 2.10. The van der Waals surface area contributed by atoms with E-state index in [-0.39, 0.29) is 12.2 Å². The molecule has 6 heteroatoms. The molecule has 0 spiro atoms. The highest BCUT2D eigenvalue weighted by Gasteiger charge is 2.12. The molecule has 5 nitrogen and oxygen atoms in total. The second-order valence-electron chi connectivity index (χ2n) is 5.30. The van der Waals surface area contributed by atoms with Gasteiger partial charge in [-0.25, -0.2) is 4.98 Å². The van der Waals surface area contributed by atoms with Crippen LogP contribution in [0.4, 0.5) is 0 Å². The van der Waals surface area contributed by atoms with Crippen LogP contribution in [0.2, 0.25) is 5.02 Å². The number of hydrogen-bond donors (Lipinski definition) is 1. The van der Waals surface area contributed by atoms with Gasteiger partial charge in [0.2, 0.25) is 0 Å². The van der Waals surface area contributed by atoms with Gasteiger partial charge < -0.3 is 5.11 Å². The van der Waals surface area contributed by atoms with E-state index in [1.165, 1.54) is 10.5 Å². The minimum absolute atomic E-state index is 0.136. The van der Waals surface area contributed by atoms with E-state index in [1.54, 1.807) is 18.3 Å². The minimum atomic E-state index is -0.136. The first-order chi connectivity index (χ1) is 10.0. The molecule has 114 valence electrons. The third kappa shape index (κ3) is 4.03. The summed E-state index contributed by atoms with van der Waals surface area (Å²) in [6.07, 6.45) is 2.28. The Hall–Kier alpha value is -1.43. The van der Waals surface area contributed by atoms with E-state index in [9.17, 15) is 4.79 Å². The van der Waals surface area contributed by atoms with E-state index in [4.69, 9.17) is 16.7 Å². The number of fused-ring (bicyclic) bond motifs is 1. The molecule has 1 N–H and O–H groups in total. The number of aliphatic hydroxyl groups is 1. The summed E-state index contributed by atoms with van der Waals surface area (Å²) in [5.41, 5.74) is 1.19. The van der Waals surface area contributed by atoms with Gasteiger partial charge in [-0.05, 0) is 32.4 Å². The van der Waals surface area contributed by atoms with Crippen LogP contribution in [0.1, 0.15) is 26.0 Å². The van der Waals surface area contributed by atoms with Gasteiger partial charge in [-0.1, -0.05) is 11.6 Å².